The Balaban J connectivity index is 1.76. The number of nitrogens with zero attached hydrogens (tertiary/aromatic N) is 4. The van der Waals surface area contributed by atoms with Gasteiger partial charge in [0, 0.05) is 51.1 Å². The molecule has 0 radical (unpaired) electrons. The lowest BCUT2D eigenvalue weighted by Gasteiger charge is -2.03. The van der Waals surface area contributed by atoms with E-state index in [2.05, 4.69) is 39.2 Å². The van der Waals surface area contributed by atoms with Crippen LogP contribution in [0.15, 0.2) is 24.8 Å². The van der Waals surface area contributed by atoms with Gasteiger partial charge in [-0.2, -0.15) is 5.10 Å². The molecule has 0 fully saturated rings. The molecule has 0 bridgehead atoms. The van der Waals surface area contributed by atoms with Crippen molar-refractivity contribution in [3.63, 3.8) is 0 Å². The van der Waals surface area contributed by atoms with Gasteiger partial charge in [-0.15, -0.1) is 0 Å². The minimum atomic E-state index is 0.953. The first kappa shape index (κ1) is 13.8. The van der Waals surface area contributed by atoms with Crippen molar-refractivity contribution >= 4 is 0 Å². The van der Waals surface area contributed by atoms with E-state index in [0.29, 0.717) is 0 Å². The van der Waals surface area contributed by atoms with E-state index in [0.717, 1.165) is 38.2 Å². The van der Waals surface area contributed by atoms with Gasteiger partial charge in [-0.1, -0.05) is 6.92 Å². The van der Waals surface area contributed by atoms with E-state index in [1.54, 1.807) is 0 Å². The van der Waals surface area contributed by atoms with Crippen LogP contribution >= 0.6 is 0 Å². The molecule has 0 unspecified atom stereocenters. The van der Waals surface area contributed by atoms with E-state index in [1.165, 1.54) is 12.1 Å². The van der Waals surface area contributed by atoms with E-state index >= 15 is 0 Å². The first-order valence-electron chi connectivity index (χ1n) is 6.98. The molecule has 5 nitrogen and oxygen atoms in total. The van der Waals surface area contributed by atoms with Crippen LogP contribution in [0.1, 0.15) is 24.7 Å². The molecule has 5 heteroatoms. The van der Waals surface area contributed by atoms with Crippen molar-refractivity contribution in [3.05, 3.63) is 36.2 Å². The van der Waals surface area contributed by atoms with Gasteiger partial charge in [0.15, 0.2) is 0 Å². The summed E-state index contributed by atoms with van der Waals surface area (Å²) in [6, 6.07) is 2.06. The Bertz CT molecular complexity index is 485. The summed E-state index contributed by atoms with van der Waals surface area (Å²) in [5.74, 6) is 0. The molecule has 0 atom stereocenters. The van der Waals surface area contributed by atoms with Crippen LogP contribution in [0.2, 0.25) is 0 Å². The highest BCUT2D eigenvalue weighted by atomic mass is 15.3. The molecule has 0 saturated carbocycles. The number of hydrogen-bond acceptors (Lipinski definition) is 3. The second kappa shape index (κ2) is 7.09. The average molecular weight is 261 g/mol. The van der Waals surface area contributed by atoms with Gasteiger partial charge in [0.25, 0.3) is 0 Å². The van der Waals surface area contributed by atoms with Crippen LogP contribution in [-0.2, 0) is 26.4 Å². The van der Waals surface area contributed by atoms with E-state index in [9.17, 15) is 0 Å². The van der Waals surface area contributed by atoms with Gasteiger partial charge in [-0.25, -0.2) is 4.98 Å². The molecule has 2 aromatic heterocycles. The van der Waals surface area contributed by atoms with E-state index in [1.807, 2.05) is 24.3 Å². The molecular weight excluding hydrogens is 238 g/mol. The fraction of sp³-hybridized carbons (Fsp3) is 0.571. The molecule has 0 saturated heterocycles. The van der Waals surface area contributed by atoms with Gasteiger partial charge in [0.1, 0.15) is 0 Å². The Morgan fingerprint density at radius 2 is 2.16 bits per heavy atom. The third-order valence-electron chi connectivity index (χ3n) is 3.22. The molecular formula is C14H23N5. The molecule has 0 aliphatic heterocycles. The maximum Gasteiger partial charge on any atom is 0.0949 e. The number of rotatable bonds is 8. The summed E-state index contributed by atoms with van der Waals surface area (Å²) >= 11 is 0. The summed E-state index contributed by atoms with van der Waals surface area (Å²) in [5.41, 5.74) is 2.41. The van der Waals surface area contributed by atoms with Crippen molar-refractivity contribution in [2.24, 2.45) is 7.05 Å². The van der Waals surface area contributed by atoms with Crippen LogP contribution in [-0.4, -0.2) is 32.4 Å². The molecule has 0 aliphatic rings. The highest BCUT2D eigenvalue weighted by molar-refractivity contribution is 5.01. The van der Waals surface area contributed by atoms with Crippen molar-refractivity contribution in [2.45, 2.75) is 32.7 Å². The normalized spacial score (nSPS) is 11.1. The molecule has 0 spiro atoms. The monoisotopic (exact) mass is 261 g/mol. The fourth-order valence-corrected chi connectivity index (χ4v) is 2.07. The topological polar surface area (TPSA) is 47.7 Å². The number of hydrogen-bond donors (Lipinski definition) is 1. The summed E-state index contributed by atoms with van der Waals surface area (Å²) in [6.07, 6.45) is 9.07. The third kappa shape index (κ3) is 4.21. The minimum absolute atomic E-state index is 0.953. The zero-order valence-electron chi connectivity index (χ0n) is 11.8. The molecule has 0 amide bonds. The van der Waals surface area contributed by atoms with Crippen LogP contribution in [0.3, 0.4) is 0 Å². The molecule has 0 aromatic carbocycles. The molecule has 1 N–H and O–H groups in total. The lowest BCUT2D eigenvalue weighted by atomic mass is 10.3. The molecule has 19 heavy (non-hydrogen) atoms. The van der Waals surface area contributed by atoms with Crippen LogP contribution in [0.5, 0.6) is 0 Å². The Hall–Kier alpha value is -1.62. The summed E-state index contributed by atoms with van der Waals surface area (Å²) < 4.78 is 4.08. The summed E-state index contributed by atoms with van der Waals surface area (Å²) in [7, 11) is 1.98. The van der Waals surface area contributed by atoms with Crippen molar-refractivity contribution in [1.29, 1.82) is 0 Å². The smallest absolute Gasteiger partial charge is 0.0949 e. The molecule has 104 valence electrons. The number of aryl methyl sites for hydroxylation is 3. The standard InChI is InChI=1S/C14H23N5/c1-3-7-15-8-4-13-11-19(12-16-13)10-6-14-5-9-17-18(14)2/h5,9,11-12,15H,3-4,6-8,10H2,1-2H3. The van der Waals surface area contributed by atoms with Crippen LogP contribution in [0.25, 0.3) is 0 Å². The largest absolute Gasteiger partial charge is 0.337 e. The highest BCUT2D eigenvalue weighted by Gasteiger charge is 2.01. The fourth-order valence-electron chi connectivity index (χ4n) is 2.07. The third-order valence-corrected chi connectivity index (χ3v) is 3.22. The van der Waals surface area contributed by atoms with Gasteiger partial charge in [0.2, 0.25) is 0 Å². The van der Waals surface area contributed by atoms with Crippen LogP contribution < -0.4 is 5.32 Å². The van der Waals surface area contributed by atoms with Crippen molar-refractivity contribution in [1.82, 2.24) is 24.6 Å². The molecule has 2 rings (SSSR count). The van der Waals surface area contributed by atoms with Crippen molar-refractivity contribution in [3.8, 4) is 0 Å². The SMILES string of the molecule is CCCNCCc1cn(CCc2ccnn2C)cn1. The quantitative estimate of drug-likeness (QED) is 0.731. The van der Waals surface area contributed by atoms with Crippen molar-refractivity contribution in [2.75, 3.05) is 13.1 Å². The summed E-state index contributed by atoms with van der Waals surface area (Å²) in [4.78, 5) is 4.44. The lowest BCUT2D eigenvalue weighted by Crippen LogP contribution is -2.17. The molecule has 2 heterocycles. The summed E-state index contributed by atoms with van der Waals surface area (Å²) in [5, 5.41) is 7.57. The maximum atomic E-state index is 4.44. The minimum Gasteiger partial charge on any atom is -0.337 e. The van der Waals surface area contributed by atoms with Crippen LogP contribution in [0.4, 0.5) is 0 Å². The molecule has 0 aliphatic carbocycles. The number of imidazole rings is 1. The average Bonchev–Trinajstić information content (AvgIpc) is 3.01. The first-order valence-corrected chi connectivity index (χ1v) is 6.98. The second-order valence-corrected chi connectivity index (χ2v) is 4.80. The van der Waals surface area contributed by atoms with Gasteiger partial charge in [-0.3, -0.25) is 4.68 Å². The lowest BCUT2D eigenvalue weighted by molar-refractivity contribution is 0.635. The second-order valence-electron chi connectivity index (χ2n) is 4.80. The van der Waals surface area contributed by atoms with Crippen LogP contribution in [0, 0.1) is 0 Å². The summed E-state index contributed by atoms with van der Waals surface area (Å²) in [6.45, 7) is 5.23. The predicted molar refractivity (Wildman–Crippen MR) is 76.0 cm³/mol. The Morgan fingerprint density at radius 3 is 2.89 bits per heavy atom. The van der Waals surface area contributed by atoms with Gasteiger partial charge in [-0.05, 0) is 19.0 Å². The number of aromatic nitrogens is 4. The Labute approximate surface area is 114 Å². The molecule has 2 aromatic rings. The zero-order chi connectivity index (χ0) is 13.5. The Morgan fingerprint density at radius 1 is 1.26 bits per heavy atom. The Kier molecular flexibility index (Phi) is 5.15. The van der Waals surface area contributed by atoms with E-state index < -0.39 is 0 Å². The maximum absolute atomic E-state index is 4.44. The number of nitrogens with one attached hydrogen (secondary N) is 1. The highest BCUT2D eigenvalue weighted by Crippen LogP contribution is 2.02. The van der Waals surface area contributed by atoms with Gasteiger partial charge >= 0.3 is 0 Å². The van der Waals surface area contributed by atoms with E-state index in [-0.39, 0.29) is 0 Å². The predicted octanol–water partition coefficient (Wildman–Crippen LogP) is 1.40. The zero-order valence-corrected chi connectivity index (χ0v) is 11.8. The van der Waals surface area contributed by atoms with Gasteiger partial charge < -0.3 is 9.88 Å². The van der Waals surface area contributed by atoms with E-state index in [4.69, 9.17) is 0 Å². The first-order chi connectivity index (χ1) is 9.29. The van der Waals surface area contributed by atoms with Crippen molar-refractivity contribution < 1.29 is 0 Å². The van der Waals surface area contributed by atoms with Gasteiger partial charge in [0.05, 0.1) is 12.0 Å².